The van der Waals surface area contributed by atoms with Crippen LogP contribution in [-0.4, -0.2) is 42.0 Å². The monoisotopic (exact) mass is 505 g/mol. The summed E-state index contributed by atoms with van der Waals surface area (Å²) < 4.78 is 79.0. The van der Waals surface area contributed by atoms with Crippen molar-refractivity contribution < 1.29 is 35.9 Å². The second-order valence-corrected chi connectivity index (χ2v) is 8.63. The summed E-state index contributed by atoms with van der Waals surface area (Å²) in [5, 5.41) is 3.23. The average Bonchev–Trinajstić information content (AvgIpc) is 3.08. The molecule has 0 atom stereocenters. The average molecular weight is 506 g/mol. The maximum atomic E-state index is 13.2. The van der Waals surface area contributed by atoms with Crippen LogP contribution in [0.2, 0.25) is 5.02 Å². The molecule has 2 aliphatic heterocycles. The fourth-order valence-electron chi connectivity index (χ4n) is 4.41. The van der Waals surface area contributed by atoms with Crippen LogP contribution in [0.3, 0.4) is 0 Å². The van der Waals surface area contributed by atoms with Crippen LogP contribution in [0.5, 0.6) is 0 Å². The van der Waals surface area contributed by atoms with Crippen LogP contribution in [0.15, 0.2) is 42.5 Å². The summed E-state index contributed by atoms with van der Waals surface area (Å²) in [5.74, 6) is -1.22. The zero-order chi connectivity index (χ0) is 24.9. The molecule has 0 unspecified atom stereocenters. The molecule has 1 spiro atoms. The molecular formula is C22H18ClF6N3O2. The number of carbonyl (C=O) groups excluding carboxylic acids is 2. The summed E-state index contributed by atoms with van der Waals surface area (Å²) >= 11 is 6.06. The van der Waals surface area contributed by atoms with E-state index < -0.39 is 40.5 Å². The second-order valence-electron chi connectivity index (χ2n) is 8.19. The molecule has 2 aromatic carbocycles. The Hall–Kier alpha value is -2.95. The van der Waals surface area contributed by atoms with Crippen molar-refractivity contribution in [2.75, 3.05) is 24.7 Å². The van der Waals surface area contributed by atoms with Crippen molar-refractivity contribution in [3.63, 3.8) is 0 Å². The van der Waals surface area contributed by atoms with Crippen molar-refractivity contribution >= 4 is 29.1 Å². The molecule has 2 heterocycles. The molecule has 0 saturated carbocycles. The fourth-order valence-corrected chi connectivity index (χ4v) is 4.59. The van der Waals surface area contributed by atoms with Gasteiger partial charge in [-0.1, -0.05) is 17.7 Å². The summed E-state index contributed by atoms with van der Waals surface area (Å²) in [4.78, 5) is 28.6. The quantitative estimate of drug-likeness (QED) is 0.588. The predicted molar refractivity (Wildman–Crippen MR) is 111 cm³/mol. The minimum atomic E-state index is -5.05. The number of anilines is 1. The van der Waals surface area contributed by atoms with Gasteiger partial charge in [0.1, 0.15) is 5.54 Å². The van der Waals surface area contributed by atoms with E-state index in [9.17, 15) is 35.9 Å². The number of likely N-dealkylation sites (tertiary alicyclic amines) is 1. The van der Waals surface area contributed by atoms with Crippen molar-refractivity contribution in [3.8, 4) is 0 Å². The van der Waals surface area contributed by atoms with E-state index in [0.29, 0.717) is 22.8 Å². The molecule has 2 fully saturated rings. The molecular weight excluding hydrogens is 488 g/mol. The van der Waals surface area contributed by atoms with Crippen LogP contribution in [-0.2, 0) is 17.1 Å². The highest BCUT2D eigenvalue weighted by atomic mass is 35.5. The van der Waals surface area contributed by atoms with E-state index >= 15 is 0 Å². The number of benzene rings is 2. The van der Waals surface area contributed by atoms with Crippen molar-refractivity contribution in [2.24, 2.45) is 0 Å². The molecule has 5 nitrogen and oxygen atoms in total. The van der Waals surface area contributed by atoms with Gasteiger partial charge in [0, 0.05) is 29.4 Å². The third kappa shape index (κ3) is 4.40. The lowest BCUT2D eigenvalue weighted by Gasteiger charge is -2.43. The molecule has 2 amide bonds. The van der Waals surface area contributed by atoms with E-state index in [1.807, 2.05) is 4.90 Å². The molecule has 0 radical (unpaired) electrons. The Morgan fingerprint density at radius 1 is 0.941 bits per heavy atom. The van der Waals surface area contributed by atoms with Gasteiger partial charge in [-0.25, -0.2) is 0 Å². The normalized spacial score (nSPS) is 18.4. The number of halogens is 7. The number of nitrogens with zero attached hydrogens (tertiary/aromatic N) is 2. The largest absolute Gasteiger partial charge is 0.416 e. The van der Waals surface area contributed by atoms with Crippen LogP contribution in [0.4, 0.5) is 32.0 Å². The molecule has 1 N–H and O–H groups in total. The first kappa shape index (κ1) is 24.2. The molecule has 182 valence electrons. The molecule has 2 aliphatic rings. The van der Waals surface area contributed by atoms with Crippen molar-refractivity contribution in [3.05, 3.63) is 64.2 Å². The van der Waals surface area contributed by atoms with Crippen molar-refractivity contribution in [1.82, 2.24) is 10.2 Å². The third-order valence-electron chi connectivity index (χ3n) is 6.17. The van der Waals surface area contributed by atoms with Gasteiger partial charge < -0.3 is 15.1 Å². The maximum absolute atomic E-state index is 13.2. The number of hydrogen-bond donors (Lipinski definition) is 1. The zero-order valence-corrected chi connectivity index (χ0v) is 18.2. The summed E-state index contributed by atoms with van der Waals surface area (Å²) in [6.07, 6.45) is -9.83. The maximum Gasteiger partial charge on any atom is 0.416 e. The lowest BCUT2D eigenvalue weighted by Crippen LogP contribution is -2.57. The van der Waals surface area contributed by atoms with Gasteiger partial charge in [-0.2, -0.15) is 26.3 Å². The highest BCUT2D eigenvalue weighted by molar-refractivity contribution is 6.30. The number of carbonyl (C=O) groups is 2. The summed E-state index contributed by atoms with van der Waals surface area (Å²) in [6.45, 7) is 0.150. The standard InChI is InChI=1S/C22H18ClF6N3O2/c23-16-2-1-3-17(11-16)32-12-30-19(34)20(32)4-6-31(7-5-20)18(33)13-8-14(21(24,25)26)10-15(9-13)22(27,28)29/h1-3,8-11H,4-7,12H2,(H,30,34). The van der Waals surface area contributed by atoms with E-state index in [1.165, 1.54) is 4.90 Å². The first-order valence-electron chi connectivity index (χ1n) is 10.2. The van der Waals surface area contributed by atoms with Gasteiger partial charge in [-0.3, -0.25) is 9.59 Å². The van der Waals surface area contributed by atoms with Crippen LogP contribution in [0, 0.1) is 0 Å². The van der Waals surface area contributed by atoms with Gasteiger partial charge in [0.05, 0.1) is 17.8 Å². The van der Waals surface area contributed by atoms with Crippen LogP contribution in [0.25, 0.3) is 0 Å². The molecule has 2 aromatic rings. The first-order chi connectivity index (χ1) is 15.8. The minimum absolute atomic E-state index is 0.0201. The smallest absolute Gasteiger partial charge is 0.339 e. The summed E-state index contributed by atoms with van der Waals surface area (Å²) in [6, 6.07) is 7.67. The zero-order valence-electron chi connectivity index (χ0n) is 17.4. The molecule has 34 heavy (non-hydrogen) atoms. The van der Waals surface area contributed by atoms with Gasteiger partial charge in [0.2, 0.25) is 5.91 Å². The lowest BCUT2D eigenvalue weighted by atomic mass is 9.85. The molecule has 0 aromatic heterocycles. The number of nitrogens with one attached hydrogen (secondary N) is 1. The van der Waals surface area contributed by atoms with Crippen LogP contribution in [0.1, 0.15) is 34.3 Å². The van der Waals surface area contributed by atoms with E-state index in [2.05, 4.69) is 5.32 Å². The first-order valence-corrected chi connectivity index (χ1v) is 10.6. The number of hydrogen-bond acceptors (Lipinski definition) is 3. The van der Waals surface area contributed by atoms with Gasteiger partial charge in [-0.05, 0) is 49.2 Å². The Labute approximate surface area is 195 Å². The van der Waals surface area contributed by atoms with E-state index in [-0.39, 0.29) is 44.6 Å². The number of rotatable bonds is 2. The minimum Gasteiger partial charge on any atom is -0.339 e. The van der Waals surface area contributed by atoms with Gasteiger partial charge in [-0.15, -0.1) is 0 Å². The number of amides is 2. The van der Waals surface area contributed by atoms with E-state index in [4.69, 9.17) is 11.6 Å². The Morgan fingerprint density at radius 2 is 1.53 bits per heavy atom. The predicted octanol–water partition coefficient (Wildman–Crippen LogP) is 4.95. The number of alkyl halides is 6. The third-order valence-corrected chi connectivity index (χ3v) is 6.40. The fraction of sp³-hybridized carbons (Fsp3) is 0.364. The molecule has 12 heteroatoms. The molecule has 2 saturated heterocycles. The highest BCUT2D eigenvalue weighted by Crippen LogP contribution is 2.39. The van der Waals surface area contributed by atoms with Gasteiger partial charge >= 0.3 is 12.4 Å². The molecule has 0 bridgehead atoms. The van der Waals surface area contributed by atoms with Crippen molar-refractivity contribution in [2.45, 2.75) is 30.7 Å². The molecule has 0 aliphatic carbocycles. The lowest BCUT2D eigenvalue weighted by molar-refractivity contribution is -0.143. The highest BCUT2D eigenvalue weighted by Gasteiger charge is 2.51. The number of piperidine rings is 1. The van der Waals surface area contributed by atoms with Gasteiger partial charge in [0.25, 0.3) is 5.91 Å². The summed E-state index contributed by atoms with van der Waals surface area (Å²) in [5.41, 5.74) is -4.14. The second kappa shape index (κ2) is 8.37. The Kier molecular flexibility index (Phi) is 5.95. The summed E-state index contributed by atoms with van der Waals surface area (Å²) in [7, 11) is 0. The van der Waals surface area contributed by atoms with Gasteiger partial charge in [0.15, 0.2) is 0 Å². The van der Waals surface area contributed by atoms with E-state index in [0.717, 1.165) is 0 Å². The topological polar surface area (TPSA) is 52.7 Å². The van der Waals surface area contributed by atoms with Crippen LogP contribution < -0.4 is 10.2 Å². The van der Waals surface area contributed by atoms with Crippen molar-refractivity contribution in [1.29, 1.82) is 0 Å². The molecule has 4 rings (SSSR count). The Balaban J connectivity index is 1.59. The van der Waals surface area contributed by atoms with E-state index in [1.54, 1.807) is 24.3 Å². The van der Waals surface area contributed by atoms with Crippen LogP contribution >= 0.6 is 11.6 Å². The SMILES string of the molecule is O=C(c1cc(C(F)(F)F)cc(C(F)(F)F)c1)N1CCC2(CC1)C(=O)NCN2c1cccc(Cl)c1. The Bertz CT molecular complexity index is 1090. The Morgan fingerprint density at radius 3 is 2.06 bits per heavy atom.